The van der Waals surface area contributed by atoms with Gasteiger partial charge in [0, 0.05) is 12.1 Å². The fourth-order valence-electron chi connectivity index (χ4n) is 2.64. The third kappa shape index (κ3) is 3.39. The third-order valence-corrected chi connectivity index (χ3v) is 4.92. The van der Waals surface area contributed by atoms with E-state index in [4.69, 9.17) is 4.74 Å². The van der Waals surface area contributed by atoms with Crippen molar-refractivity contribution >= 4 is 33.4 Å². The summed E-state index contributed by atoms with van der Waals surface area (Å²) in [4.78, 5) is 29.1. The molecule has 1 amide bonds. The van der Waals surface area contributed by atoms with Crippen LogP contribution in [0.1, 0.15) is 33.2 Å². The molecule has 1 aromatic heterocycles. The number of ether oxygens (including phenoxy) is 1. The molecular formula is C19H18N2O3S. The number of carbonyl (C=O) groups excluding carboxylic acids is 2. The number of aryl methyl sites for hydroxylation is 2. The lowest BCUT2D eigenvalue weighted by molar-refractivity contribution is 0.0601. The molecule has 0 aliphatic carbocycles. The molecule has 0 aliphatic rings. The van der Waals surface area contributed by atoms with Crippen molar-refractivity contribution in [3.63, 3.8) is 0 Å². The topological polar surface area (TPSA) is 60.7 Å². The van der Waals surface area contributed by atoms with E-state index in [0.29, 0.717) is 22.5 Å². The van der Waals surface area contributed by atoms with E-state index in [1.54, 1.807) is 18.2 Å². The Labute approximate surface area is 149 Å². The minimum atomic E-state index is -0.382. The number of nitrogens with zero attached hydrogens (tertiary/aromatic N) is 2. The third-order valence-electron chi connectivity index (χ3n) is 3.88. The van der Waals surface area contributed by atoms with Crippen molar-refractivity contribution in [1.82, 2.24) is 4.57 Å². The number of aromatic nitrogens is 1. The van der Waals surface area contributed by atoms with Gasteiger partial charge in [-0.25, -0.2) is 4.79 Å². The van der Waals surface area contributed by atoms with Crippen LogP contribution in [0.15, 0.2) is 47.5 Å². The lowest BCUT2D eigenvalue weighted by Gasteiger charge is -2.02. The van der Waals surface area contributed by atoms with Crippen LogP contribution >= 0.6 is 11.3 Å². The van der Waals surface area contributed by atoms with Gasteiger partial charge in [-0.15, -0.1) is 0 Å². The summed E-state index contributed by atoms with van der Waals surface area (Å²) in [6, 6.07) is 12.7. The standard InChI is InChI=1S/C19H18N2O3S/c1-4-21-15-9-8-14(18(23)24-3)11-16(15)25-19(21)20-17(22)13-7-5-6-12(2)10-13/h5-11H,4H2,1-3H3. The average Bonchev–Trinajstić information content (AvgIpc) is 2.96. The number of hydrogen-bond donors (Lipinski definition) is 0. The zero-order valence-corrected chi connectivity index (χ0v) is 15.1. The molecule has 0 radical (unpaired) electrons. The SMILES string of the molecule is CCn1c(=NC(=O)c2cccc(C)c2)sc2cc(C(=O)OC)ccc21. The van der Waals surface area contributed by atoms with Crippen LogP contribution in [-0.4, -0.2) is 23.6 Å². The predicted octanol–water partition coefficient (Wildman–Crippen LogP) is 3.56. The van der Waals surface area contributed by atoms with Gasteiger partial charge >= 0.3 is 5.97 Å². The molecule has 25 heavy (non-hydrogen) atoms. The van der Waals surface area contributed by atoms with Crippen LogP contribution in [0.4, 0.5) is 0 Å². The maximum absolute atomic E-state index is 12.5. The highest BCUT2D eigenvalue weighted by molar-refractivity contribution is 7.16. The molecule has 6 heteroatoms. The molecule has 1 heterocycles. The fraction of sp³-hybridized carbons (Fsp3) is 0.211. The number of benzene rings is 2. The Kier molecular flexibility index (Phi) is 4.81. The first-order valence-electron chi connectivity index (χ1n) is 7.91. The number of rotatable bonds is 3. The van der Waals surface area contributed by atoms with Crippen molar-refractivity contribution < 1.29 is 14.3 Å². The van der Waals surface area contributed by atoms with Gasteiger partial charge in [-0.1, -0.05) is 29.0 Å². The summed E-state index contributed by atoms with van der Waals surface area (Å²) >= 11 is 1.39. The summed E-state index contributed by atoms with van der Waals surface area (Å²) in [5.74, 6) is -0.654. The number of amides is 1. The molecule has 0 spiro atoms. The summed E-state index contributed by atoms with van der Waals surface area (Å²) in [5, 5.41) is 0. The van der Waals surface area contributed by atoms with Crippen molar-refractivity contribution in [2.75, 3.05) is 7.11 Å². The Bertz CT molecular complexity index is 1030. The Morgan fingerprint density at radius 2 is 1.96 bits per heavy atom. The number of carbonyl (C=O) groups is 2. The number of fused-ring (bicyclic) bond motifs is 1. The largest absolute Gasteiger partial charge is 0.465 e. The second-order valence-electron chi connectivity index (χ2n) is 5.59. The van der Waals surface area contributed by atoms with E-state index in [1.165, 1.54) is 18.4 Å². The maximum Gasteiger partial charge on any atom is 0.337 e. The summed E-state index contributed by atoms with van der Waals surface area (Å²) < 4.78 is 7.62. The minimum Gasteiger partial charge on any atom is -0.465 e. The van der Waals surface area contributed by atoms with E-state index in [1.807, 2.05) is 42.7 Å². The van der Waals surface area contributed by atoms with Gasteiger partial charge in [-0.05, 0) is 44.2 Å². The van der Waals surface area contributed by atoms with E-state index in [2.05, 4.69) is 4.99 Å². The number of esters is 1. The molecule has 0 bridgehead atoms. The van der Waals surface area contributed by atoms with Crippen LogP contribution in [0.5, 0.6) is 0 Å². The van der Waals surface area contributed by atoms with Crippen LogP contribution in [0.2, 0.25) is 0 Å². The normalized spacial score (nSPS) is 11.7. The zero-order valence-electron chi connectivity index (χ0n) is 14.3. The quantitative estimate of drug-likeness (QED) is 0.676. The fourth-order valence-corrected chi connectivity index (χ4v) is 3.77. The average molecular weight is 354 g/mol. The van der Waals surface area contributed by atoms with Gasteiger partial charge < -0.3 is 9.30 Å². The smallest absolute Gasteiger partial charge is 0.337 e. The second kappa shape index (κ2) is 7.03. The molecule has 2 aromatic carbocycles. The van der Waals surface area contributed by atoms with Crippen LogP contribution in [0.3, 0.4) is 0 Å². The van der Waals surface area contributed by atoms with Crippen LogP contribution in [0, 0.1) is 6.92 Å². The number of thiazole rings is 1. The lowest BCUT2D eigenvalue weighted by Crippen LogP contribution is -2.15. The summed E-state index contributed by atoms with van der Waals surface area (Å²) in [7, 11) is 1.36. The molecule has 3 rings (SSSR count). The summed E-state index contributed by atoms with van der Waals surface area (Å²) in [6.07, 6.45) is 0. The van der Waals surface area contributed by atoms with Crippen molar-refractivity contribution in [3.8, 4) is 0 Å². The summed E-state index contributed by atoms with van der Waals surface area (Å²) in [5.41, 5.74) is 3.01. The van der Waals surface area contributed by atoms with Crippen LogP contribution in [0.25, 0.3) is 10.2 Å². The molecule has 3 aromatic rings. The highest BCUT2D eigenvalue weighted by atomic mass is 32.1. The van der Waals surface area contributed by atoms with Crippen LogP contribution < -0.4 is 4.80 Å². The molecule has 0 saturated heterocycles. The number of hydrogen-bond acceptors (Lipinski definition) is 4. The number of methoxy groups -OCH3 is 1. The molecule has 0 saturated carbocycles. The minimum absolute atomic E-state index is 0.273. The Morgan fingerprint density at radius 3 is 2.64 bits per heavy atom. The Balaban J connectivity index is 2.11. The Hall–Kier alpha value is -2.73. The molecular weight excluding hydrogens is 336 g/mol. The first-order chi connectivity index (χ1) is 12.0. The van der Waals surface area contributed by atoms with Gasteiger partial charge in [0.1, 0.15) is 0 Å². The van der Waals surface area contributed by atoms with Crippen molar-refractivity contribution in [2.24, 2.45) is 4.99 Å². The molecule has 0 fully saturated rings. The van der Waals surface area contributed by atoms with Gasteiger partial charge in [-0.3, -0.25) is 4.79 Å². The first-order valence-corrected chi connectivity index (χ1v) is 8.72. The molecule has 0 atom stereocenters. The van der Waals surface area contributed by atoms with E-state index < -0.39 is 0 Å². The van der Waals surface area contributed by atoms with Gasteiger partial charge in [0.2, 0.25) is 0 Å². The van der Waals surface area contributed by atoms with E-state index in [0.717, 1.165) is 15.8 Å². The highest BCUT2D eigenvalue weighted by Gasteiger charge is 2.12. The van der Waals surface area contributed by atoms with Gasteiger partial charge in [0.25, 0.3) is 5.91 Å². The highest BCUT2D eigenvalue weighted by Crippen LogP contribution is 2.20. The van der Waals surface area contributed by atoms with Gasteiger partial charge in [0.05, 0.1) is 22.9 Å². The molecule has 0 aliphatic heterocycles. The molecule has 5 nitrogen and oxygen atoms in total. The Morgan fingerprint density at radius 1 is 1.16 bits per heavy atom. The van der Waals surface area contributed by atoms with Crippen LogP contribution in [-0.2, 0) is 11.3 Å². The van der Waals surface area contributed by atoms with Gasteiger partial charge in [0.15, 0.2) is 4.80 Å². The van der Waals surface area contributed by atoms with Crippen molar-refractivity contribution in [2.45, 2.75) is 20.4 Å². The second-order valence-corrected chi connectivity index (χ2v) is 6.60. The maximum atomic E-state index is 12.5. The van der Waals surface area contributed by atoms with Crippen molar-refractivity contribution in [3.05, 3.63) is 64.0 Å². The predicted molar refractivity (Wildman–Crippen MR) is 97.9 cm³/mol. The lowest BCUT2D eigenvalue weighted by atomic mass is 10.1. The van der Waals surface area contributed by atoms with E-state index in [9.17, 15) is 9.59 Å². The first kappa shape index (κ1) is 17.1. The van der Waals surface area contributed by atoms with E-state index in [-0.39, 0.29) is 11.9 Å². The zero-order chi connectivity index (χ0) is 18.0. The molecule has 0 unspecified atom stereocenters. The summed E-state index contributed by atoms with van der Waals surface area (Å²) in [6.45, 7) is 4.62. The van der Waals surface area contributed by atoms with Crippen molar-refractivity contribution in [1.29, 1.82) is 0 Å². The molecule has 0 N–H and O–H groups in total. The van der Waals surface area contributed by atoms with Gasteiger partial charge in [-0.2, -0.15) is 4.99 Å². The van der Waals surface area contributed by atoms with E-state index >= 15 is 0 Å². The molecule has 128 valence electrons. The monoisotopic (exact) mass is 354 g/mol.